The Morgan fingerprint density at radius 3 is 2.65 bits per heavy atom. The number of halogens is 1. The fourth-order valence-corrected chi connectivity index (χ4v) is 4.82. The molecule has 0 amide bonds. The van der Waals surface area contributed by atoms with Crippen molar-refractivity contribution < 1.29 is 17.9 Å². The van der Waals surface area contributed by atoms with Gasteiger partial charge in [-0.15, -0.1) is 0 Å². The summed E-state index contributed by atoms with van der Waals surface area (Å²) in [5.41, 5.74) is 1.38. The molecule has 1 heterocycles. The van der Waals surface area contributed by atoms with Crippen molar-refractivity contribution in [2.75, 3.05) is 7.11 Å². The maximum absolute atomic E-state index is 13.0. The average molecular weight is 396 g/mol. The van der Waals surface area contributed by atoms with Crippen LogP contribution in [0.5, 0.6) is 11.5 Å². The van der Waals surface area contributed by atoms with Crippen molar-refractivity contribution in [1.82, 2.24) is 4.72 Å². The molecule has 1 N–H and O–H groups in total. The minimum Gasteiger partial charge on any atom is -0.495 e. The number of ether oxygens (including phenoxy) is 2. The Morgan fingerprint density at radius 2 is 1.96 bits per heavy atom. The van der Waals surface area contributed by atoms with Crippen molar-refractivity contribution in [2.45, 2.75) is 43.7 Å². The average Bonchev–Trinajstić information content (AvgIpc) is 2.52. The number of hydrogen-bond donors (Lipinski definition) is 1. The molecule has 0 spiro atoms. The summed E-state index contributed by atoms with van der Waals surface area (Å²) in [5.74, 6) is 0.948. The molecule has 0 saturated heterocycles. The monoisotopic (exact) mass is 395 g/mol. The van der Waals surface area contributed by atoms with Gasteiger partial charge in [-0.05, 0) is 50.6 Å². The van der Waals surface area contributed by atoms with E-state index < -0.39 is 21.7 Å². The van der Waals surface area contributed by atoms with Crippen molar-refractivity contribution in [1.29, 1.82) is 0 Å². The van der Waals surface area contributed by atoms with Gasteiger partial charge in [-0.1, -0.05) is 23.7 Å². The van der Waals surface area contributed by atoms with E-state index in [1.54, 1.807) is 12.1 Å². The summed E-state index contributed by atoms with van der Waals surface area (Å²) in [5, 5.41) is 0.328. The van der Waals surface area contributed by atoms with Crippen molar-refractivity contribution in [2.24, 2.45) is 0 Å². The summed E-state index contributed by atoms with van der Waals surface area (Å²) in [6.07, 6.45) is 0.505. The zero-order chi connectivity index (χ0) is 19.1. The van der Waals surface area contributed by atoms with Crippen molar-refractivity contribution in [3.05, 3.63) is 52.5 Å². The van der Waals surface area contributed by atoms with Gasteiger partial charge < -0.3 is 9.47 Å². The van der Waals surface area contributed by atoms with Gasteiger partial charge in [0, 0.05) is 17.0 Å². The zero-order valence-electron chi connectivity index (χ0n) is 15.2. The van der Waals surface area contributed by atoms with E-state index in [-0.39, 0.29) is 10.6 Å². The maximum Gasteiger partial charge on any atom is 0.244 e. The smallest absolute Gasteiger partial charge is 0.244 e. The molecule has 1 unspecified atom stereocenters. The molecule has 5 nitrogen and oxygen atoms in total. The van der Waals surface area contributed by atoms with E-state index in [2.05, 4.69) is 4.72 Å². The van der Waals surface area contributed by atoms with Gasteiger partial charge in [0.1, 0.15) is 22.0 Å². The quantitative estimate of drug-likeness (QED) is 0.840. The highest BCUT2D eigenvalue weighted by Crippen LogP contribution is 2.41. The van der Waals surface area contributed by atoms with Gasteiger partial charge >= 0.3 is 0 Å². The van der Waals surface area contributed by atoms with Crippen LogP contribution in [0.25, 0.3) is 0 Å². The maximum atomic E-state index is 13.0. The molecule has 7 heteroatoms. The first-order valence-corrected chi connectivity index (χ1v) is 10.1. The third-order valence-electron chi connectivity index (χ3n) is 4.34. The summed E-state index contributed by atoms with van der Waals surface area (Å²) in [6, 6.07) is 9.89. The number of hydrogen-bond acceptors (Lipinski definition) is 4. The third kappa shape index (κ3) is 3.82. The SMILES string of the molecule is COc1ccc(Cl)cc1S(=O)(=O)NC1CC(C)(C)Oc2cc(C)ccc21. The lowest BCUT2D eigenvalue weighted by Gasteiger charge is -2.38. The van der Waals surface area contributed by atoms with Gasteiger partial charge in [-0.25, -0.2) is 13.1 Å². The van der Waals surface area contributed by atoms with Crippen LogP contribution >= 0.6 is 11.6 Å². The molecule has 2 aromatic carbocycles. The molecule has 3 rings (SSSR count). The van der Waals surface area contributed by atoms with E-state index in [0.717, 1.165) is 11.1 Å². The number of aryl methyl sites for hydroxylation is 1. The van der Waals surface area contributed by atoms with Crippen LogP contribution in [0.15, 0.2) is 41.3 Å². The second-order valence-electron chi connectivity index (χ2n) is 7.08. The summed E-state index contributed by atoms with van der Waals surface area (Å²) >= 11 is 6.00. The first kappa shape index (κ1) is 19.0. The number of sulfonamides is 1. The van der Waals surface area contributed by atoms with Crippen molar-refractivity contribution >= 4 is 21.6 Å². The van der Waals surface area contributed by atoms with Crippen LogP contribution in [0.4, 0.5) is 0 Å². The predicted molar refractivity (Wildman–Crippen MR) is 102 cm³/mol. The lowest BCUT2D eigenvalue weighted by molar-refractivity contribution is 0.0701. The Morgan fingerprint density at radius 1 is 1.23 bits per heavy atom. The molecule has 2 aromatic rings. The van der Waals surface area contributed by atoms with Gasteiger partial charge in [-0.2, -0.15) is 0 Å². The van der Waals surface area contributed by atoms with E-state index in [1.807, 2.05) is 39.0 Å². The second-order valence-corrected chi connectivity index (χ2v) is 9.20. The minimum absolute atomic E-state index is 0.0189. The lowest BCUT2D eigenvalue weighted by Crippen LogP contribution is -2.41. The third-order valence-corrected chi connectivity index (χ3v) is 6.07. The van der Waals surface area contributed by atoms with Crippen LogP contribution in [-0.4, -0.2) is 21.1 Å². The molecular weight excluding hydrogens is 374 g/mol. The molecule has 0 saturated carbocycles. The molecule has 0 radical (unpaired) electrons. The Bertz CT molecular complexity index is 941. The Balaban J connectivity index is 2.02. The Kier molecular flexibility index (Phi) is 4.94. The van der Waals surface area contributed by atoms with Crippen LogP contribution < -0.4 is 14.2 Å². The molecule has 26 heavy (non-hydrogen) atoms. The summed E-state index contributed by atoms with van der Waals surface area (Å²) in [6.45, 7) is 5.86. The topological polar surface area (TPSA) is 64.6 Å². The molecular formula is C19H22ClNO4S. The van der Waals surface area contributed by atoms with Crippen LogP contribution in [-0.2, 0) is 10.0 Å². The number of rotatable bonds is 4. The molecule has 0 bridgehead atoms. The minimum atomic E-state index is -3.84. The van der Waals surface area contributed by atoms with E-state index in [1.165, 1.54) is 13.2 Å². The molecule has 1 atom stereocenters. The molecule has 0 aliphatic carbocycles. The zero-order valence-corrected chi connectivity index (χ0v) is 16.7. The highest BCUT2D eigenvalue weighted by Gasteiger charge is 2.36. The first-order chi connectivity index (χ1) is 12.1. The second kappa shape index (κ2) is 6.76. The fourth-order valence-electron chi connectivity index (χ4n) is 3.18. The van der Waals surface area contributed by atoms with Gasteiger partial charge in [0.05, 0.1) is 13.2 Å². The van der Waals surface area contributed by atoms with Crippen LogP contribution in [0, 0.1) is 6.92 Å². The normalized spacial score (nSPS) is 18.7. The highest BCUT2D eigenvalue weighted by atomic mass is 35.5. The summed E-state index contributed by atoms with van der Waals surface area (Å²) < 4.78 is 40.1. The number of nitrogens with one attached hydrogen (secondary N) is 1. The molecule has 0 fully saturated rings. The van der Waals surface area contributed by atoms with Crippen LogP contribution in [0.2, 0.25) is 5.02 Å². The van der Waals surface area contributed by atoms with Gasteiger partial charge in [-0.3, -0.25) is 0 Å². The van der Waals surface area contributed by atoms with Crippen molar-refractivity contribution in [3.63, 3.8) is 0 Å². The Labute approximate surface area is 159 Å². The fraction of sp³-hybridized carbons (Fsp3) is 0.368. The number of benzene rings is 2. The molecule has 140 valence electrons. The van der Waals surface area contributed by atoms with E-state index >= 15 is 0 Å². The summed E-state index contributed by atoms with van der Waals surface area (Å²) in [4.78, 5) is 0.0189. The van der Waals surface area contributed by atoms with Gasteiger partial charge in [0.25, 0.3) is 0 Å². The molecule has 1 aliphatic heterocycles. The predicted octanol–water partition coefficient (Wildman–Crippen LogP) is 4.24. The van der Waals surface area contributed by atoms with Crippen molar-refractivity contribution in [3.8, 4) is 11.5 Å². The van der Waals surface area contributed by atoms with E-state index in [4.69, 9.17) is 21.1 Å². The molecule has 1 aliphatic rings. The van der Waals surface area contributed by atoms with Crippen LogP contribution in [0.3, 0.4) is 0 Å². The summed E-state index contributed by atoms with van der Waals surface area (Å²) in [7, 11) is -2.41. The largest absolute Gasteiger partial charge is 0.495 e. The van der Waals surface area contributed by atoms with E-state index in [9.17, 15) is 8.42 Å². The molecule has 0 aromatic heterocycles. The van der Waals surface area contributed by atoms with E-state index in [0.29, 0.717) is 17.2 Å². The number of methoxy groups -OCH3 is 1. The standard InChI is InChI=1S/C19H22ClNO4S/c1-12-5-7-14-15(11-19(2,3)25-17(14)9-12)21-26(22,23)18-10-13(20)6-8-16(18)24-4/h5-10,15,21H,11H2,1-4H3. The Hall–Kier alpha value is -1.76. The van der Waals surface area contributed by atoms with Gasteiger partial charge in [0.15, 0.2) is 0 Å². The lowest BCUT2D eigenvalue weighted by atomic mass is 9.90. The highest BCUT2D eigenvalue weighted by molar-refractivity contribution is 7.89. The van der Waals surface area contributed by atoms with Crippen LogP contribution in [0.1, 0.15) is 37.4 Å². The van der Waals surface area contributed by atoms with Gasteiger partial charge in [0.2, 0.25) is 10.0 Å². The number of fused-ring (bicyclic) bond motifs is 1. The first-order valence-electron chi connectivity index (χ1n) is 8.27.